The predicted octanol–water partition coefficient (Wildman–Crippen LogP) is 1.03. The molecule has 0 saturated heterocycles. The molecule has 1 amide bonds. The number of nitrogens with zero attached hydrogens (tertiary/aromatic N) is 1. The summed E-state index contributed by atoms with van der Waals surface area (Å²) in [5.74, 6) is -0.0406. The Bertz CT molecular complexity index is 532. The average Bonchev–Trinajstić information content (AvgIpc) is 2.86. The first kappa shape index (κ1) is 14.3. The maximum Gasteiger partial charge on any atom is 0.292 e. The van der Waals surface area contributed by atoms with Gasteiger partial charge in [0.15, 0.2) is 0 Å². The molecule has 0 bridgehead atoms. The molecule has 7 nitrogen and oxygen atoms in total. The van der Waals surface area contributed by atoms with Crippen LogP contribution in [0.5, 0.6) is 0 Å². The molecule has 108 valence electrons. The molecule has 20 heavy (non-hydrogen) atoms. The van der Waals surface area contributed by atoms with E-state index in [1.807, 2.05) is 0 Å². The van der Waals surface area contributed by atoms with Crippen molar-refractivity contribution < 1.29 is 9.72 Å². The van der Waals surface area contributed by atoms with Crippen molar-refractivity contribution in [1.29, 1.82) is 0 Å². The first-order valence-corrected chi connectivity index (χ1v) is 6.57. The smallest absolute Gasteiger partial charge is 0.292 e. The third-order valence-corrected chi connectivity index (χ3v) is 3.77. The fourth-order valence-corrected chi connectivity index (χ4v) is 2.60. The van der Waals surface area contributed by atoms with Gasteiger partial charge in [-0.15, -0.1) is 0 Å². The Kier molecular flexibility index (Phi) is 4.19. The van der Waals surface area contributed by atoms with Gasteiger partial charge in [0.2, 0.25) is 0 Å². The van der Waals surface area contributed by atoms with Gasteiger partial charge in [0.1, 0.15) is 5.69 Å². The van der Waals surface area contributed by atoms with Crippen LogP contribution < -0.4 is 16.8 Å². The van der Waals surface area contributed by atoms with Crippen molar-refractivity contribution in [2.24, 2.45) is 11.7 Å². The van der Waals surface area contributed by atoms with Gasteiger partial charge in [-0.25, -0.2) is 0 Å². The van der Waals surface area contributed by atoms with Crippen LogP contribution in [0.25, 0.3) is 0 Å². The Hall–Kier alpha value is -2.15. The first-order valence-electron chi connectivity index (χ1n) is 6.57. The monoisotopic (exact) mass is 278 g/mol. The number of hydrogen-bond acceptors (Lipinski definition) is 5. The van der Waals surface area contributed by atoms with Gasteiger partial charge in [-0.2, -0.15) is 0 Å². The first-order chi connectivity index (χ1) is 9.52. The number of nitro benzene ring substituents is 1. The van der Waals surface area contributed by atoms with Gasteiger partial charge in [-0.1, -0.05) is 6.42 Å². The van der Waals surface area contributed by atoms with Crippen LogP contribution in [0.4, 0.5) is 11.4 Å². The number of rotatable bonds is 4. The van der Waals surface area contributed by atoms with Crippen LogP contribution in [-0.4, -0.2) is 23.4 Å². The van der Waals surface area contributed by atoms with E-state index >= 15 is 0 Å². The number of nitro groups is 1. The van der Waals surface area contributed by atoms with E-state index in [2.05, 4.69) is 5.32 Å². The van der Waals surface area contributed by atoms with Crippen LogP contribution in [0.2, 0.25) is 0 Å². The lowest BCUT2D eigenvalue weighted by Crippen LogP contribution is -2.39. The molecule has 2 unspecified atom stereocenters. The molecule has 0 aromatic heterocycles. The standard InChI is InChI=1S/C13H18N4O3/c14-7-9-2-1-3-11(9)16-13(18)8-4-5-10(15)12(6-8)17(19)20/h4-6,9,11H,1-3,7,14-15H2,(H,16,18). The summed E-state index contributed by atoms with van der Waals surface area (Å²) in [5, 5.41) is 13.7. The van der Waals surface area contributed by atoms with Crippen molar-refractivity contribution in [1.82, 2.24) is 5.32 Å². The third kappa shape index (κ3) is 2.88. The second-order valence-electron chi connectivity index (χ2n) is 5.04. The molecule has 0 spiro atoms. The lowest BCUT2D eigenvalue weighted by atomic mass is 10.0. The van der Waals surface area contributed by atoms with Gasteiger partial charge >= 0.3 is 0 Å². The van der Waals surface area contributed by atoms with Crippen molar-refractivity contribution in [2.75, 3.05) is 12.3 Å². The van der Waals surface area contributed by atoms with Gasteiger partial charge in [-0.3, -0.25) is 14.9 Å². The van der Waals surface area contributed by atoms with E-state index in [1.165, 1.54) is 18.2 Å². The van der Waals surface area contributed by atoms with Crippen molar-refractivity contribution in [3.8, 4) is 0 Å². The number of carbonyl (C=O) groups excluding carboxylic acids is 1. The summed E-state index contributed by atoms with van der Waals surface area (Å²) in [6, 6.07) is 4.12. The van der Waals surface area contributed by atoms with E-state index < -0.39 is 4.92 Å². The molecule has 0 radical (unpaired) electrons. The Morgan fingerprint density at radius 1 is 1.45 bits per heavy atom. The van der Waals surface area contributed by atoms with Crippen LogP contribution >= 0.6 is 0 Å². The molecule has 7 heteroatoms. The zero-order valence-corrected chi connectivity index (χ0v) is 11.0. The van der Waals surface area contributed by atoms with Crippen molar-refractivity contribution >= 4 is 17.3 Å². The zero-order valence-electron chi connectivity index (χ0n) is 11.0. The van der Waals surface area contributed by atoms with Crippen LogP contribution in [0.15, 0.2) is 18.2 Å². The summed E-state index contributed by atoms with van der Waals surface area (Å²) < 4.78 is 0. The number of carbonyl (C=O) groups is 1. The molecule has 1 aliphatic rings. The average molecular weight is 278 g/mol. The summed E-state index contributed by atoms with van der Waals surface area (Å²) in [6.07, 6.45) is 2.93. The Balaban J connectivity index is 2.13. The Labute approximate surface area is 116 Å². The minimum absolute atomic E-state index is 0.0455. The summed E-state index contributed by atoms with van der Waals surface area (Å²) in [5.41, 5.74) is 11.2. The van der Waals surface area contributed by atoms with E-state index in [0.29, 0.717) is 6.54 Å². The predicted molar refractivity (Wildman–Crippen MR) is 75.2 cm³/mol. The maximum atomic E-state index is 12.1. The molecule has 1 aromatic rings. The van der Waals surface area contributed by atoms with Gasteiger partial charge in [0, 0.05) is 17.7 Å². The topological polar surface area (TPSA) is 124 Å². The third-order valence-electron chi connectivity index (χ3n) is 3.77. The van der Waals surface area contributed by atoms with Crippen LogP contribution in [0.1, 0.15) is 29.6 Å². The molecule has 2 atom stereocenters. The number of benzene rings is 1. The van der Waals surface area contributed by atoms with Crippen molar-refractivity contribution in [3.05, 3.63) is 33.9 Å². The van der Waals surface area contributed by atoms with Crippen molar-refractivity contribution in [3.63, 3.8) is 0 Å². The maximum absolute atomic E-state index is 12.1. The number of anilines is 1. The van der Waals surface area contributed by atoms with Crippen LogP contribution in [0.3, 0.4) is 0 Å². The van der Waals surface area contributed by atoms with Gasteiger partial charge in [0.05, 0.1) is 4.92 Å². The highest BCUT2D eigenvalue weighted by Gasteiger charge is 2.28. The number of nitrogen functional groups attached to an aromatic ring is 1. The minimum atomic E-state index is -0.593. The molecule has 2 rings (SSSR count). The van der Waals surface area contributed by atoms with Gasteiger partial charge < -0.3 is 16.8 Å². The quantitative estimate of drug-likeness (QED) is 0.431. The fourth-order valence-electron chi connectivity index (χ4n) is 2.60. The number of nitrogens with two attached hydrogens (primary N) is 2. The molecule has 1 fully saturated rings. The zero-order chi connectivity index (χ0) is 14.7. The second kappa shape index (κ2) is 5.87. The van der Waals surface area contributed by atoms with E-state index in [-0.39, 0.29) is 34.8 Å². The highest BCUT2D eigenvalue weighted by Crippen LogP contribution is 2.26. The molecule has 0 heterocycles. The Morgan fingerprint density at radius 3 is 2.85 bits per heavy atom. The summed E-state index contributed by atoms with van der Waals surface area (Å²) in [7, 11) is 0. The minimum Gasteiger partial charge on any atom is -0.393 e. The molecular weight excluding hydrogens is 260 g/mol. The summed E-state index contributed by atoms with van der Waals surface area (Å²) >= 11 is 0. The molecule has 0 aliphatic heterocycles. The van der Waals surface area contributed by atoms with E-state index in [9.17, 15) is 14.9 Å². The lowest BCUT2D eigenvalue weighted by Gasteiger charge is -2.19. The summed E-state index contributed by atoms with van der Waals surface area (Å²) in [4.78, 5) is 22.4. The molecular formula is C13H18N4O3. The van der Waals surface area contributed by atoms with E-state index in [4.69, 9.17) is 11.5 Å². The molecule has 5 N–H and O–H groups in total. The van der Waals surface area contributed by atoms with Crippen LogP contribution in [0, 0.1) is 16.0 Å². The number of nitrogens with one attached hydrogen (secondary N) is 1. The van der Waals surface area contributed by atoms with Crippen LogP contribution in [-0.2, 0) is 0 Å². The Morgan fingerprint density at radius 2 is 2.20 bits per heavy atom. The highest BCUT2D eigenvalue weighted by atomic mass is 16.6. The molecule has 1 saturated carbocycles. The second-order valence-corrected chi connectivity index (χ2v) is 5.04. The van der Waals surface area contributed by atoms with Gasteiger partial charge in [-0.05, 0) is 37.4 Å². The van der Waals surface area contributed by atoms with Crippen molar-refractivity contribution in [2.45, 2.75) is 25.3 Å². The SMILES string of the molecule is NCC1CCCC1NC(=O)c1ccc(N)c([N+](=O)[O-])c1. The van der Waals surface area contributed by atoms with E-state index in [1.54, 1.807) is 0 Å². The van der Waals surface area contributed by atoms with Gasteiger partial charge in [0.25, 0.3) is 11.6 Å². The molecule has 1 aromatic carbocycles. The summed E-state index contributed by atoms with van der Waals surface area (Å²) in [6.45, 7) is 0.535. The lowest BCUT2D eigenvalue weighted by molar-refractivity contribution is -0.383. The largest absolute Gasteiger partial charge is 0.393 e. The highest BCUT2D eigenvalue weighted by molar-refractivity contribution is 5.95. The fraction of sp³-hybridized carbons (Fsp3) is 0.462. The normalized spacial score (nSPS) is 21.6. The number of amides is 1. The molecule has 1 aliphatic carbocycles. The van der Waals surface area contributed by atoms with E-state index in [0.717, 1.165) is 19.3 Å². The number of hydrogen-bond donors (Lipinski definition) is 3.